The molecule has 124 valence electrons. The predicted octanol–water partition coefficient (Wildman–Crippen LogP) is 2.26. The molecule has 2 aromatic rings. The number of hydrogen-bond acceptors (Lipinski definition) is 5. The van der Waals surface area contributed by atoms with Crippen LogP contribution < -0.4 is 5.32 Å². The number of carbonyl (C=O) groups excluding carboxylic acids is 1. The van der Waals surface area contributed by atoms with Crippen LogP contribution >= 0.6 is 0 Å². The van der Waals surface area contributed by atoms with E-state index >= 15 is 0 Å². The van der Waals surface area contributed by atoms with Crippen molar-refractivity contribution < 1.29 is 9.53 Å². The minimum absolute atomic E-state index is 0.247. The second-order valence-electron chi connectivity index (χ2n) is 5.79. The van der Waals surface area contributed by atoms with Gasteiger partial charge in [-0.05, 0) is 31.0 Å². The normalized spacial score (nSPS) is 13.5. The number of methoxy groups -OCH3 is 1. The van der Waals surface area contributed by atoms with Crippen molar-refractivity contribution in [2.45, 2.75) is 45.3 Å². The smallest absolute Gasteiger partial charge is 0.307 e. The van der Waals surface area contributed by atoms with E-state index in [0.717, 1.165) is 24.1 Å². The lowest BCUT2D eigenvalue weighted by atomic mass is 9.89. The average molecular weight is 316 g/mol. The highest BCUT2D eigenvalue weighted by Crippen LogP contribution is 2.25. The van der Waals surface area contributed by atoms with Crippen molar-refractivity contribution in [1.82, 2.24) is 20.1 Å². The number of esters is 1. The maximum Gasteiger partial charge on any atom is 0.307 e. The van der Waals surface area contributed by atoms with E-state index < -0.39 is 5.54 Å². The molecule has 0 aliphatic heterocycles. The first-order valence-corrected chi connectivity index (χ1v) is 7.81. The minimum Gasteiger partial charge on any atom is -0.469 e. The van der Waals surface area contributed by atoms with Crippen LogP contribution in [0, 0.1) is 0 Å². The number of carbonyl (C=O) groups is 1. The number of nitrogens with zero attached hydrogens (tertiary/aromatic N) is 3. The van der Waals surface area contributed by atoms with E-state index in [0.29, 0.717) is 6.54 Å². The molecule has 6 nitrogen and oxygen atoms in total. The summed E-state index contributed by atoms with van der Waals surface area (Å²) < 4.78 is 6.78. The topological polar surface area (TPSA) is 69.0 Å². The maximum absolute atomic E-state index is 11.8. The lowest BCUT2D eigenvalue weighted by Crippen LogP contribution is -2.41. The van der Waals surface area contributed by atoms with E-state index in [4.69, 9.17) is 4.74 Å². The van der Waals surface area contributed by atoms with E-state index in [1.807, 2.05) is 36.1 Å². The van der Waals surface area contributed by atoms with Gasteiger partial charge in [-0.2, -0.15) is 5.10 Å². The zero-order valence-electron chi connectivity index (χ0n) is 14.0. The Morgan fingerprint density at radius 1 is 1.39 bits per heavy atom. The Morgan fingerprint density at radius 3 is 2.78 bits per heavy atom. The fraction of sp³-hybridized carbons (Fsp3) is 0.471. The summed E-state index contributed by atoms with van der Waals surface area (Å²) in [6.07, 6.45) is 8.63. The molecule has 0 aliphatic rings. The molecule has 1 N–H and O–H groups in total. The number of nitrogens with one attached hydrogen (secondary N) is 1. The molecule has 2 heterocycles. The van der Waals surface area contributed by atoms with Gasteiger partial charge < -0.3 is 10.1 Å². The molecule has 0 bridgehead atoms. The second kappa shape index (κ2) is 7.87. The Kier molecular flexibility index (Phi) is 5.87. The zero-order chi connectivity index (χ0) is 16.7. The van der Waals surface area contributed by atoms with Crippen LogP contribution in [0.3, 0.4) is 0 Å². The Hall–Kier alpha value is -2.21. The Morgan fingerprint density at radius 2 is 2.13 bits per heavy atom. The van der Waals surface area contributed by atoms with Crippen LogP contribution in [0.1, 0.15) is 37.8 Å². The molecular weight excluding hydrogens is 292 g/mol. The Labute approximate surface area is 136 Å². The molecule has 6 heteroatoms. The lowest BCUT2D eigenvalue weighted by molar-refractivity contribution is -0.142. The summed E-state index contributed by atoms with van der Waals surface area (Å²) in [4.78, 5) is 15.9. The Bertz CT molecular complexity index is 627. The van der Waals surface area contributed by atoms with E-state index in [1.54, 1.807) is 12.4 Å². The first-order chi connectivity index (χ1) is 11.1. The van der Waals surface area contributed by atoms with Crippen molar-refractivity contribution in [2.24, 2.45) is 0 Å². The van der Waals surface area contributed by atoms with Gasteiger partial charge in [0.25, 0.3) is 0 Å². The zero-order valence-corrected chi connectivity index (χ0v) is 14.0. The van der Waals surface area contributed by atoms with Gasteiger partial charge in [0.2, 0.25) is 0 Å². The number of pyridine rings is 1. The monoisotopic (exact) mass is 316 g/mol. The van der Waals surface area contributed by atoms with Crippen molar-refractivity contribution in [2.75, 3.05) is 7.11 Å². The van der Waals surface area contributed by atoms with Gasteiger partial charge in [0, 0.05) is 37.2 Å². The van der Waals surface area contributed by atoms with Crippen LogP contribution in [0.25, 0.3) is 0 Å². The predicted molar refractivity (Wildman–Crippen MR) is 87.6 cm³/mol. The standard InChI is InChI=1S/C17H24N4O2/c1-4-9-21-13-14(12-20-21)11-19-17(2,10-16(22)23-3)15-5-7-18-8-6-15/h5-8,12-13,19H,4,9-11H2,1-3H3/t17-/m0/s1. The molecule has 0 saturated carbocycles. The SMILES string of the molecule is CCCn1cc(CN[C@@](C)(CC(=O)OC)c2ccncc2)cn1. The molecule has 2 aromatic heterocycles. The summed E-state index contributed by atoms with van der Waals surface area (Å²) >= 11 is 0. The number of aromatic nitrogens is 3. The lowest BCUT2D eigenvalue weighted by Gasteiger charge is -2.30. The largest absolute Gasteiger partial charge is 0.469 e. The summed E-state index contributed by atoms with van der Waals surface area (Å²) in [7, 11) is 1.41. The third-order valence-corrected chi connectivity index (χ3v) is 3.87. The highest BCUT2D eigenvalue weighted by molar-refractivity contribution is 5.71. The highest BCUT2D eigenvalue weighted by Gasteiger charge is 2.29. The fourth-order valence-electron chi connectivity index (χ4n) is 2.49. The van der Waals surface area contributed by atoms with Gasteiger partial charge in [-0.25, -0.2) is 0 Å². The second-order valence-corrected chi connectivity index (χ2v) is 5.79. The molecule has 0 fully saturated rings. The molecule has 2 rings (SSSR count). The molecule has 0 saturated heterocycles. The van der Waals surface area contributed by atoms with Gasteiger partial charge in [0.15, 0.2) is 0 Å². The van der Waals surface area contributed by atoms with Crippen LogP contribution in [0.15, 0.2) is 36.9 Å². The first kappa shape index (κ1) is 17.1. The van der Waals surface area contributed by atoms with Crippen LogP contribution in [0.5, 0.6) is 0 Å². The van der Waals surface area contributed by atoms with Gasteiger partial charge in [-0.15, -0.1) is 0 Å². The van der Waals surface area contributed by atoms with E-state index in [-0.39, 0.29) is 12.4 Å². The molecule has 23 heavy (non-hydrogen) atoms. The summed E-state index contributed by atoms with van der Waals surface area (Å²) in [5.41, 5.74) is 1.56. The van der Waals surface area contributed by atoms with Crippen LogP contribution in [-0.2, 0) is 28.2 Å². The Balaban J connectivity index is 2.12. The highest BCUT2D eigenvalue weighted by atomic mass is 16.5. The van der Waals surface area contributed by atoms with Crippen molar-refractivity contribution in [1.29, 1.82) is 0 Å². The summed E-state index contributed by atoms with van der Waals surface area (Å²) in [5, 5.41) is 7.80. The van der Waals surface area contributed by atoms with Crippen molar-refractivity contribution in [3.63, 3.8) is 0 Å². The number of ether oxygens (including phenoxy) is 1. The summed E-state index contributed by atoms with van der Waals surface area (Å²) in [6.45, 7) is 5.65. The first-order valence-electron chi connectivity index (χ1n) is 7.81. The van der Waals surface area contributed by atoms with Crippen molar-refractivity contribution in [3.8, 4) is 0 Å². The minimum atomic E-state index is -0.525. The van der Waals surface area contributed by atoms with Crippen LogP contribution in [0.4, 0.5) is 0 Å². The van der Waals surface area contributed by atoms with Gasteiger partial charge in [0.05, 0.1) is 25.3 Å². The average Bonchev–Trinajstić information content (AvgIpc) is 3.02. The van der Waals surface area contributed by atoms with Crippen molar-refractivity contribution in [3.05, 3.63) is 48.0 Å². The molecule has 1 atom stereocenters. The van der Waals surface area contributed by atoms with Gasteiger partial charge in [-0.3, -0.25) is 14.5 Å². The molecule has 0 radical (unpaired) electrons. The molecule has 0 unspecified atom stereocenters. The van der Waals surface area contributed by atoms with Crippen LogP contribution in [0.2, 0.25) is 0 Å². The number of rotatable bonds is 8. The quantitative estimate of drug-likeness (QED) is 0.757. The number of aryl methyl sites for hydroxylation is 1. The van der Waals surface area contributed by atoms with E-state index in [1.165, 1.54) is 7.11 Å². The summed E-state index contributed by atoms with van der Waals surface area (Å²) in [6, 6.07) is 3.83. The number of hydrogen-bond donors (Lipinski definition) is 1. The molecule has 0 spiro atoms. The van der Waals surface area contributed by atoms with Gasteiger partial charge >= 0.3 is 5.97 Å². The molecule has 0 amide bonds. The maximum atomic E-state index is 11.8. The van der Waals surface area contributed by atoms with E-state index in [9.17, 15) is 4.79 Å². The molecule has 0 aliphatic carbocycles. The van der Waals surface area contributed by atoms with Gasteiger partial charge in [0.1, 0.15) is 0 Å². The third-order valence-electron chi connectivity index (χ3n) is 3.87. The third kappa shape index (κ3) is 4.63. The molecular formula is C17H24N4O2. The summed E-state index contributed by atoms with van der Waals surface area (Å²) in [5.74, 6) is -0.251. The molecule has 0 aromatic carbocycles. The van der Waals surface area contributed by atoms with Gasteiger partial charge in [-0.1, -0.05) is 6.92 Å². The van der Waals surface area contributed by atoms with E-state index in [2.05, 4.69) is 22.3 Å². The fourth-order valence-corrected chi connectivity index (χ4v) is 2.49. The van der Waals surface area contributed by atoms with Crippen molar-refractivity contribution >= 4 is 5.97 Å². The van der Waals surface area contributed by atoms with Crippen LogP contribution in [-0.4, -0.2) is 27.8 Å².